The van der Waals surface area contributed by atoms with E-state index in [0.717, 1.165) is 5.56 Å². The molecule has 7 heteroatoms. The molecule has 132 valence electrons. The van der Waals surface area contributed by atoms with E-state index in [1.165, 1.54) is 20.1 Å². The van der Waals surface area contributed by atoms with Crippen molar-refractivity contribution >= 4 is 6.29 Å². The zero-order chi connectivity index (χ0) is 18.0. The minimum Gasteiger partial charge on any atom is -0.459 e. The Balaban J connectivity index is 2.04. The number of hydrogen-bond donors (Lipinski definition) is 1. The second-order valence-electron chi connectivity index (χ2n) is 6.46. The minimum absolute atomic E-state index is 0.160. The van der Waals surface area contributed by atoms with Crippen LogP contribution >= 0.6 is 0 Å². The lowest BCUT2D eigenvalue weighted by Crippen LogP contribution is -2.50. The number of benzene rings is 1. The van der Waals surface area contributed by atoms with Crippen molar-refractivity contribution in [1.82, 2.24) is 0 Å². The first-order valence-electron chi connectivity index (χ1n) is 7.39. The Morgan fingerprint density at radius 1 is 1.21 bits per heavy atom. The van der Waals surface area contributed by atoms with Gasteiger partial charge in [-0.3, -0.25) is 4.79 Å². The van der Waals surface area contributed by atoms with Gasteiger partial charge in [0.25, 0.3) is 0 Å². The summed E-state index contributed by atoms with van der Waals surface area (Å²) in [5.74, 6) is 0.160. The van der Waals surface area contributed by atoms with Crippen molar-refractivity contribution in [2.75, 3.05) is 0 Å². The van der Waals surface area contributed by atoms with Crippen LogP contribution in [-0.4, -0.2) is 29.5 Å². The van der Waals surface area contributed by atoms with Crippen LogP contribution in [-0.2, 0) is 20.7 Å². The molecule has 2 unspecified atom stereocenters. The number of carbonyl (C=O) groups is 1. The van der Waals surface area contributed by atoms with Gasteiger partial charge in [0.15, 0.2) is 6.29 Å². The molecule has 1 aromatic rings. The van der Waals surface area contributed by atoms with Crippen molar-refractivity contribution in [2.45, 2.75) is 44.8 Å². The van der Waals surface area contributed by atoms with E-state index in [0.29, 0.717) is 6.42 Å². The quantitative estimate of drug-likeness (QED) is 0.804. The average molecular weight is 344 g/mol. The van der Waals surface area contributed by atoms with Crippen LogP contribution in [0.2, 0.25) is 0 Å². The van der Waals surface area contributed by atoms with Gasteiger partial charge < -0.3 is 14.6 Å². The van der Waals surface area contributed by atoms with Crippen LogP contribution in [0.4, 0.5) is 13.2 Å². The zero-order valence-corrected chi connectivity index (χ0v) is 13.3. The molecule has 1 N–H and O–H groups in total. The van der Waals surface area contributed by atoms with Gasteiger partial charge in [-0.1, -0.05) is 44.2 Å². The summed E-state index contributed by atoms with van der Waals surface area (Å²) in [7, 11) is 0. The first kappa shape index (κ1) is 18.3. The fourth-order valence-corrected chi connectivity index (χ4v) is 2.52. The van der Waals surface area contributed by atoms with Gasteiger partial charge in [-0.2, -0.15) is 13.2 Å². The number of aliphatic hydroxyl groups is 1. The smallest absolute Gasteiger partial charge is 0.424 e. The van der Waals surface area contributed by atoms with E-state index in [2.05, 4.69) is 0 Å². The van der Waals surface area contributed by atoms with E-state index in [1.54, 1.807) is 0 Å². The van der Waals surface area contributed by atoms with Crippen LogP contribution in [0.1, 0.15) is 25.8 Å². The molecule has 1 aromatic carbocycles. The Kier molecular flexibility index (Phi) is 4.94. The van der Waals surface area contributed by atoms with E-state index in [-0.39, 0.29) is 5.76 Å². The van der Waals surface area contributed by atoms with Gasteiger partial charge in [-0.15, -0.1) is 0 Å². The highest BCUT2D eigenvalue weighted by Gasteiger charge is 2.57. The zero-order valence-electron chi connectivity index (χ0n) is 13.3. The molecule has 0 spiro atoms. The van der Waals surface area contributed by atoms with Crippen LogP contribution in [0.25, 0.3) is 0 Å². The molecule has 0 bridgehead atoms. The molecule has 0 aliphatic carbocycles. The van der Waals surface area contributed by atoms with Crippen molar-refractivity contribution in [3.05, 3.63) is 47.9 Å². The average Bonchev–Trinajstić information content (AvgIpc) is 2.96. The lowest BCUT2D eigenvalue weighted by Gasteiger charge is -2.33. The Hall–Kier alpha value is -2.02. The molecule has 4 nitrogen and oxygen atoms in total. The molecular weight excluding hydrogens is 325 g/mol. The van der Waals surface area contributed by atoms with Gasteiger partial charge in [0.05, 0.1) is 0 Å². The predicted molar refractivity (Wildman–Crippen MR) is 79.7 cm³/mol. The number of hydrogen-bond acceptors (Lipinski definition) is 4. The first-order chi connectivity index (χ1) is 11.1. The van der Waals surface area contributed by atoms with Crippen molar-refractivity contribution in [3.8, 4) is 0 Å². The summed E-state index contributed by atoms with van der Waals surface area (Å²) < 4.78 is 49.7. The van der Waals surface area contributed by atoms with Crippen molar-refractivity contribution in [1.29, 1.82) is 0 Å². The lowest BCUT2D eigenvalue weighted by molar-refractivity contribution is -0.252. The number of halogens is 3. The number of carbonyl (C=O) groups excluding carboxylic acids is 1. The third kappa shape index (κ3) is 3.90. The van der Waals surface area contributed by atoms with Gasteiger partial charge >= 0.3 is 6.18 Å². The fourth-order valence-electron chi connectivity index (χ4n) is 2.52. The third-order valence-electron chi connectivity index (χ3n) is 3.89. The molecule has 1 aliphatic rings. The highest BCUT2D eigenvalue weighted by Crippen LogP contribution is 2.43. The van der Waals surface area contributed by atoms with Crippen LogP contribution in [0.3, 0.4) is 0 Å². The maximum absolute atomic E-state index is 12.9. The van der Waals surface area contributed by atoms with Crippen molar-refractivity contribution in [3.63, 3.8) is 0 Å². The van der Waals surface area contributed by atoms with Crippen molar-refractivity contribution in [2.24, 2.45) is 5.41 Å². The summed E-state index contributed by atoms with van der Waals surface area (Å²) in [5.41, 5.74) is -3.72. The highest BCUT2D eigenvalue weighted by molar-refractivity contribution is 5.64. The molecular formula is C17H19F3O4. The van der Waals surface area contributed by atoms with E-state index >= 15 is 0 Å². The number of allylic oxidation sites excluding steroid dienone is 1. The Labute approximate surface area is 137 Å². The number of alkyl halides is 3. The Bertz CT molecular complexity index is 610. The number of ether oxygens (including phenoxy) is 2. The van der Waals surface area contributed by atoms with Crippen LogP contribution in [0.5, 0.6) is 0 Å². The molecule has 0 radical (unpaired) electrons. The molecule has 1 heterocycles. The maximum atomic E-state index is 12.9. The molecule has 2 atom stereocenters. The summed E-state index contributed by atoms with van der Waals surface area (Å²) >= 11 is 0. The number of aldehydes is 1. The molecule has 1 aliphatic heterocycles. The second kappa shape index (κ2) is 6.47. The monoisotopic (exact) mass is 344 g/mol. The molecule has 0 saturated carbocycles. The summed E-state index contributed by atoms with van der Waals surface area (Å²) in [6.45, 7) is 2.90. The van der Waals surface area contributed by atoms with Crippen LogP contribution < -0.4 is 0 Å². The topological polar surface area (TPSA) is 55.8 Å². The van der Waals surface area contributed by atoms with Gasteiger partial charge in [-0.05, 0) is 5.56 Å². The highest BCUT2D eigenvalue weighted by atomic mass is 19.4. The number of rotatable bonds is 6. The fraction of sp³-hybridized carbons (Fsp3) is 0.471. The van der Waals surface area contributed by atoms with Gasteiger partial charge in [0, 0.05) is 18.3 Å². The van der Waals surface area contributed by atoms with E-state index in [4.69, 9.17) is 9.47 Å². The van der Waals surface area contributed by atoms with Crippen molar-refractivity contribution < 1.29 is 32.5 Å². The molecule has 0 amide bonds. The van der Waals surface area contributed by atoms with Crippen LogP contribution in [0, 0.1) is 5.41 Å². The predicted octanol–water partition coefficient (Wildman–Crippen LogP) is 3.35. The second-order valence-corrected chi connectivity index (χ2v) is 6.46. The SMILES string of the molecule is CC(C)(CC(O)(C=O)C(F)(F)F)C1=COC(Cc2ccccc2)O1. The third-order valence-corrected chi connectivity index (χ3v) is 3.89. The van der Waals surface area contributed by atoms with E-state index in [1.807, 2.05) is 30.3 Å². The standard InChI is InChI=1S/C17H19F3O4/c1-15(2,10-16(22,11-21)17(18,19)20)13-9-23-14(24-13)8-12-6-4-3-5-7-12/h3-7,9,11,14,22H,8,10H2,1-2H3. The summed E-state index contributed by atoms with van der Waals surface area (Å²) in [6, 6.07) is 9.34. The summed E-state index contributed by atoms with van der Waals surface area (Å²) in [5, 5.41) is 9.64. The summed E-state index contributed by atoms with van der Waals surface area (Å²) in [6.07, 6.45) is -5.39. The van der Waals surface area contributed by atoms with Crippen LogP contribution in [0.15, 0.2) is 42.4 Å². The molecule has 24 heavy (non-hydrogen) atoms. The lowest BCUT2D eigenvalue weighted by atomic mass is 9.79. The maximum Gasteiger partial charge on any atom is 0.424 e. The summed E-state index contributed by atoms with van der Waals surface area (Å²) in [4.78, 5) is 10.8. The molecule has 0 aromatic heterocycles. The van der Waals surface area contributed by atoms with E-state index < -0.39 is 36.2 Å². The molecule has 2 rings (SSSR count). The molecule has 0 saturated heterocycles. The normalized spacial score (nSPS) is 20.6. The Morgan fingerprint density at radius 3 is 2.38 bits per heavy atom. The van der Waals surface area contributed by atoms with Gasteiger partial charge in [0.1, 0.15) is 12.0 Å². The largest absolute Gasteiger partial charge is 0.459 e. The van der Waals surface area contributed by atoms with Gasteiger partial charge in [0.2, 0.25) is 11.9 Å². The minimum atomic E-state index is -5.06. The Morgan fingerprint density at radius 2 is 1.83 bits per heavy atom. The molecule has 0 fully saturated rings. The first-order valence-corrected chi connectivity index (χ1v) is 7.39. The van der Waals surface area contributed by atoms with Gasteiger partial charge in [-0.25, -0.2) is 0 Å². The van der Waals surface area contributed by atoms with E-state index in [9.17, 15) is 23.1 Å².